The summed E-state index contributed by atoms with van der Waals surface area (Å²) in [7, 11) is 1.77. The zero-order valence-corrected chi connectivity index (χ0v) is 8.67. The molecule has 0 fully saturated rings. The van der Waals surface area contributed by atoms with E-state index in [-0.39, 0.29) is 5.78 Å². The topological polar surface area (TPSA) is 46.4 Å². The molecule has 4 nitrogen and oxygen atoms in total. The Morgan fingerprint density at radius 1 is 1.71 bits per heavy atom. The van der Waals surface area contributed by atoms with Gasteiger partial charge < -0.3 is 5.32 Å². The summed E-state index contributed by atoms with van der Waals surface area (Å²) in [5.41, 5.74) is 0.845. The van der Waals surface area contributed by atoms with Crippen LogP contribution in [0.1, 0.15) is 5.69 Å². The Kier molecular flexibility index (Phi) is 2.60. The van der Waals surface area contributed by atoms with E-state index >= 15 is 0 Å². The van der Waals surface area contributed by atoms with Gasteiger partial charge in [0.15, 0.2) is 10.7 Å². The fourth-order valence-electron chi connectivity index (χ4n) is 1.32. The zero-order chi connectivity index (χ0) is 9.97. The molecule has 0 amide bonds. The van der Waals surface area contributed by atoms with Crippen LogP contribution in [0.2, 0.25) is 0 Å². The number of nitrogens with zero attached hydrogens (tertiary/aromatic N) is 2. The highest BCUT2D eigenvalue weighted by molar-refractivity contribution is 7.15. The van der Waals surface area contributed by atoms with Crippen LogP contribution >= 0.6 is 11.3 Å². The summed E-state index contributed by atoms with van der Waals surface area (Å²) in [6.07, 6.45) is 4.26. The number of fused-ring (bicyclic) bond motifs is 1. The average Bonchev–Trinajstić information content (AvgIpc) is 2.63. The van der Waals surface area contributed by atoms with Gasteiger partial charge in [-0.05, 0) is 7.05 Å². The van der Waals surface area contributed by atoms with Crippen molar-refractivity contribution in [2.24, 2.45) is 0 Å². The van der Waals surface area contributed by atoms with Crippen LogP contribution in [-0.2, 0) is 11.2 Å². The summed E-state index contributed by atoms with van der Waals surface area (Å²) in [4.78, 5) is 16.6. The standard InChI is InChI=1S/C9H11N3OS/c1-10-5-8(13)4-7-6-12-2-3-14-9(12)11-7/h2-3,6,10H,4-5H2,1H3. The van der Waals surface area contributed by atoms with E-state index in [1.54, 1.807) is 18.4 Å². The van der Waals surface area contributed by atoms with E-state index in [1.165, 1.54) is 0 Å². The van der Waals surface area contributed by atoms with Gasteiger partial charge in [0, 0.05) is 17.8 Å². The third kappa shape index (κ3) is 1.83. The van der Waals surface area contributed by atoms with Crippen molar-refractivity contribution in [1.29, 1.82) is 0 Å². The first-order valence-corrected chi connectivity index (χ1v) is 5.25. The van der Waals surface area contributed by atoms with Crippen molar-refractivity contribution >= 4 is 22.1 Å². The molecule has 0 saturated heterocycles. The molecule has 0 radical (unpaired) electrons. The lowest BCUT2D eigenvalue weighted by atomic mass is 10.2. The van der Waals surface area contributed by atoms with Gasteiger partial charge in [-0.1, -0.05) is 0 Å². The third-order valence-electron chi connectivity index (χ3n) is 1.90. The van der Waals surface area contributed by atoms with Gasteiger partial charge in [-0.3, -0.25) is 9.20 Å². The van der Waals surface area contributed by atoms with E-state index in [0.29, 0.717) is 13.0 Å². The van der Waals surface area contributed by atoms with Crippen LogP contribution in [0.25, 0.3) is 4.96 Å². The number of ketones is 1. The first kappa shape index (κ1) is 9.36. The molecule has 0 spiro atoms. The highest BCUT2D eigenvalue weighted by atomic mass is 32.1. The van der Waals surface area contributed by atoms with E-state index in [2.05, 4.69) is 10.3 Å². The molecule has 0 unspecified atom stereocenters. The molecule has 0 aliphatic carbocycles. The van der Waals surface area contributed by atoms with E-state index in [9.17, 15) is 4.79 Å². The summed E-state index contributed by atoms with van der Waals surface area (Å²) in [6.45, 7) is 0.408. The Balaban J connectivity index is 2.11. The van der Waals surface area contributed by atoms with Gasteiger partial charge in [-0.15, -0.1) is 11.3 Å². The molecular weight excluding hydrogens is 198 g/mol. The normalized spacial score (nSPS) is 10.9. The number of Topliss-reactive ketones (excluding diaryl/α,β-unsaturated/α-hetero) is 1. The van der Waals surface area contributed by atoms with Crippen molar-refractivity contribution in [3.8, 4) is 0 Å². The van der Waals surface area contributed by atoms with Crippen LogP contribution in [0, 0.1) is 0 Å². The predicted octanol–water partition coefficient (Wildman–Crippen LogP) is 0.727. The number of hydrogen-bond donors (Lipinski definition) is 1. The molecule has 5 heteroatoms. The predicted molar refractivity (Wildman–Crippen MR) is 55.7 cm³/mol. The monoisotopic (exact) mass is 209 g/mol. The van der Waals surface area contributed by atoms with Crippen LogP contribution in [0.5, 0.6) is 0 Å². The summed E-state index contributed by atoms with van der Waals surface area (Å²) < 4.78 is 1.94. The molecule has 2 rings (SSSR count). The first-order chi connectivity index (χ1) is 6.79. The van der Waals surface area contributed by atoms with Gasteiger partial charge in [0.05, 0.1) is 18.7 Å². The summed E-state index contributed by atoms with van der Waals surface area (Å²) >= 11 is 1.57. The lowest BCUT2D eigenvalue weighted by Crippen LogP contribution is -2.20. The number of carbonyl (C=O) groups excluding carboxylic acids is 1. The van der Waals surface area contributed by atoms with E-state index in [1.807, 2.05) is 22.2 Å². The number of hydrogen-bond acceptors (Lipinski definition) is 4. The number of aromatic nitrogens is 2. The Morgan fingerprint density at radius 3 is 3.29 bits per heavy atom. The summed E-state index contributed by atoms with van der Waals surface area (Å²) in [5.74, 6) is 0.165. The number of imidazole rings is 1. The molecule has 0 bridgehead atoms. The molecule has 2 aromatic heterocycles. The van der Waals surface area contributed by atoms with Gasteiger partial charge in [0.2, 0.25) is 0 Å². The second kappa shape index (κ2) is 3.89. The molecular formula is C9H11N3OS. The molecule has 74 valence electrons. The third-order valence-corrected chi connectivity index (χ3v) is 2.67. The van der Waals surface area contributed by atoms with Gasteiger partial charge in [-0.25, -0.2) is 4.98 Å². The number of thiazole rings is 1. The summed E-state index contributed by atoms with van der Waals surface area (Å²) in [5, 5.41) is 4.81. The highest BCUT2D eigenvalue weighted by Crippen LogP contribution is 2.11. The number of nitrogens with one attached hydrogen (secondary N) is 1. The zero-order valence-electron chi connectivity index (χ0n) is 7.86. The van der Waals surface area contributed by atoms with Crippen LogP contribution in [0.4, 0.5) is 0 Å². The molecule has 0 saturated carbocycles. The fraction of sp³-hybridized carbons (Fsp3) is 0.333. The highest BCUT2D eigenvalue weighted by Gasteiger charge is 2.06. The largest absolute Gasteiger partial charge is 0.313 e. The quantitative estimate of drug-likeness (QED) is 0.807. The number of likely N-dealkylation sites (N-methyl/N-ethyl adjacent to an activating group) is 1. The van der Waals surface area contributed by atoms with Gasteiger partial charge in [0.1, 0.15) is 0 Å². The fourth-order valence-corrected chi connectivity index (χ4v) is 2.04. The molecule has 0 aliphatic heterocycles. The Labute approximate surface area is 85.6 Å². The minimum Gasteiger partial charge on any atom is -0.313 e. The molecule has 14 heavy (non-hydrogen) atoms. The van der Waals surface area contributed by atoms with Crippen molar-refractivity contribution in [2.75, 3.05) is 13.6 Å². The lowest BCUT2D eigenvalue weighted by molar-refractivity contribution is -0.117. The van der Waals surface area contributed by atoms with Crippen molar-refractivity contribution in [3.05, 3.63) is 23.5 Å². The van der Waals surface area contributed by atoms with E-state index < -0.39 is 0 Å². The average molecular weight is 209 g/mol. The van der Waals surface area contributed by atoms with Gasteiger partial charge in [0.25, 0.3) is 0 Å². The second-order valence-electron chi connectivity index (χ2n) is 3.07. The van der Waals surface area contributed by atoms with Crippen molar-refractivity contribution in [1.82, 2.24) is 14.7 Å². The molecule has 0 aliphatic rings. The maximum absolute atomic E-state index is 11.3. The van der Waals surface area contributed by atoms with Crippen LogP contribution in [0.3, 0.4) is 0 Å². The number of rotatable bonds is 4. The van der Waals surface area contributed by atoms with Crippen molar-refractivity contribution in [3.63, 3.8) is 0 Å². The Bertz CT molecular complexity index is 417. The van der Waals surface area contributed by atoms with Crippen LogP contribution < -0.4 is 5.32 Å². The number of carbonyl (C=O) groups is 1. The Hall–Kier alpha value is -1.20. The van der Waals surface area contributed by atoms with Crippen molar-refractivity contribution < 1.29 is 4.79 Å². The second-order valence-corrected chi connectivity index (χ2v) is 3.94. The maximum Gasteiger partial charge on any atom is 0.193 e. The van der Waals surface area contributed by atoms with Gasteiger partial charge >= 0.3 is 0 Å². The molecule has 0 aromatic carbocycles. The van der Waals surface area contributed by atoms with E-state index in [0.717, 1.165) is 10.7 Å². The van der Waals surface area contributed by atoms with E-state index in [4.69, 9.17) is 0 Å². The lowest BCUT2D eigenvalue weighted by Gasteiger charge is -1.95. The molecule has 0 atom stereocenters. The Morgan fingerprint density at radius 2 is 2.57 bits per heavy atom. The molecule has 2 aromatic rings. The minimum absolute atomic E-state index is 0.165. The summed E-state index contributed by atoms with van der Waals surface area (Å²) in [6, 6.07) is 0. The maximum atomic E-state index is 11.3. The minimum atomic E-state index is 0.165. The van der Waals surface area contributed by atoms with Crippen molar-refractivity contribution in [2.45, 2.75) is 6.42 Å². The van der Waals surface area contributed by atoms with Crippen LogP contribution in [0.15, 0.2) is 17.8 Å². The molecule has 1 N–H and O–H groups in total. The SMILES string of the molecule is CNCC(=O)Cc1cn2ccsc2n1. The smallest absolute Gasteiger partial charge is 0.193 e. The van der Waals surface area contributed by atoms with Crippen LogP contribution in [-0.4, -0.2) is 28.8 Å². The first-order valence-electron chi connectivity index (χ1n) is 4.37. The molecule has 2 heterocycles. The van der Waals surface area contributed by atoms with Gasteiger partial charge in [-0.2, -0.15) is 0 Å².